The minimum atomic E-state index is 0.501. The number of H-pyrrole nitrogens is 1. The maximum absolute atomic E-state index is 6.44. The Labute approximate surface area is 186 Å². The van der Waals surface area contributed by atoms with Gasteiger partial charge in [0.05, 0.1) is 5.52 Å². The molecule has 0 atom stereocenters. The maximum Gasteiger partial charge on any atom is 0.249 e. The highest BCUT2D eigenvalue weighted by Crippen LogP contribution is 2.35. The molecule has 32 heavy (non-hydrogen) atoms. The Balaban J connectivity index is 1.55. The summed E-state index contributed by atoms with van der Waals surface area (Å²) in [7, 11) is 1.97. The van der Waals surface area contributed by atoms with Crippen LogP contribution in [0.3, 0.4) is 0 Å². The van der Waals surface area contributed by atoms with Crippen molar-refractivity contribution in [1.82, 2.24) is 19.5 Å². The Morgan fingerprint density at radius 3 is 2.38 bits per heavy atom. The Morgan fingerprint density at radius 2 is 1.69 bits per heavy atom. The molecule has 5 rings (SSSR count). The average molecular weight is 424 g/mol. The van der Waals surface area contributed by atoms with Gasteiger partial charge in [-0.05, 0) is 79.9 Å². The first-order chi connectivity index (χ1) is 15.5. The zero-order chi connectivity index (χ0) is 22.2. The third-order valence-electron chi connectivity index (χ3n) is 5.56. The summed E-state index contributed by atoms with van der Waals surface area (Å²) < 4.78 is 8.42. The van der Waals surface area contributed by atoms with E-state index in [2.05, 4.69) is 66.4 Å². The third kappa shape index (κ3) is 3.71. The molecule has 160 valence electrons. The number of nitrogens with one attached hydrogen (secondary N) is 2. The van der Waals surface area contributed by atoms with Gasteiger partial charge in [0.15, 0.2) is 0 Å². The lowest BCUT2D eigenvalue weighted by atomic mass is 10.0. The van der Waals surface area contributed by atoms with E-state index in [0.717, 1.165) is 44.9 Å². The summed E-state index contributed by atoms with van der Waals surface area (Å²) in [5.74, 6) is 1.83. The number of benzene rings is 2. The number of anilines is 2. The van der Waals surface area contributed by atoms with Gasteiger partial charge in [0.25, 0.3) is 0 Å². The minimum Gasteiger partial charge on any atom is -0.436 e. The molecule has 0 fully saturated rings. The number of aryl methyl sites for hydroxylation is 4. The monoisotopic (exact) mass is 423 g/mol. The van der Waals surface area contributed by atoms with Crippen LogP contribution in [0.2, 0.25) is 0 Å². The zero-order valence-electron chi connectivity index (χ0n) is 18.6. The van der Waals surface area contributed by atoms with E-state index in [1.807, 2.05) is 48.3 Å². The van der Waals surface area contributed by atoms with Gasteiger partial charge in [-0.3, -0.25) is 0 Å². The summed E-state index contributed by atoms with van der Waals surface area (Å²) >= 11 is 0. The van der Waals surface area contributed by atoms with E-state index in [4.69, 9.17) is 9.72 Å². The van der Waals surface area contributed by atoms with Crippen molar-refractivity contribution in [2.75, 3.05) is 5.32 Å². The van der Waals surface area contributed by atoms with Crippen molar-refractivity contribution in [3.05, 3.63) is 83.7 Å². The lowest BCUT2D eigenvalue weighted by Gasteiger charge is -2.15. The van der Waals surface area contributed by atoms with Gasteiger partial charge < -0.3 is 19.6 Å². The van der Waals surface area contributed by atoms with Crippen LogP contribution >= 0.6 is 0 Å². The number of rotatable bonds is 5. The molecule has 0 bridgehead atoms. The average Bonchev–Trinajstić information content (AvgIpc) is 3.43. The summed E-state index contributed by atoms with van der Waals surface area (Å²) in [4.78, 5) is 12.7. The fraction of sp³-hybridized carbons (Fsp3) is 0.154. The number of hydrogen-bond donors (Lipinski definition) is 2. The van der Waals surface area contributed by atoms with E-state index < -0.39 is 0 Å². The second-order valence-electron chi connectivity index (χ2n) is 8.13. The molecule has 2 N–H and O–H groups in total. The Kier molecular flexibility index (Phi) is 4.90. The molecule has 0 saturated heterocycles. The minimum absolute atomic E-state index is 0.501. The van der Waals surface area contributed by atoms with Crippen LogP contribution in [0.15, 0.2) is 67.0 Å². The molecule has 0 unspecified atom stereocenters. The smallest absolute Gasteiger partial charge is 0.249 e. The summed E-state index contributed by atoms with van der Waals surface area (Å²) in [5.41, 5.74) is 8.11. The van der Waals surface area contributed by atoms with Gasteiger partial charge in [-0.25, -0.2) is 4.98 Å². The lowest BCUT2D eigenvalue weighted by Crippen LogP contribution is -2.02. The van der Waals surface area contributed by atoms with Gasteiger partial charge in [-0.1, -0.05) is 17.7 Å². The first kappa shape index (κ1) is 19.9. The first-order valence-corrected chi connectivity index (χ1v) is 10.6. The van der Waals surface area contributed by atoms with Crippen LogP contribution in [0.25, 0.3) is 22.3 Å². The molecule has 3 aromatic heterocycles. The van der Waals surface area contributed by atoms with Crippen molar-refractivity contribution in [1.29, 1.82) is 0 Å². The SMILES string of the molecule is Cc1ccc(Nc2nc(Oc3c(C)cc(-c4ccc[nH]4)cc3C)c3c(ccn3C)n2)cc1. The van der Waals surface area contributed by atoms with Crippen LogP contribution < -0.4 is 10.1 Å². The summed E-state index contributed by atoms with van der Waals surface area (Å²) in [6.07, 6.45) is 3.90. The van der Waals surface area contributed by atoms with Gasteiger partial charge in [-0.15, -0.1) is 0 Å². The molecule has 0 radical (unpaired) electrons. The molecule has 0 saturated carbocycles. The van der Waals surface area contributed by atoms with Crippen molar-refractivity contribution in [3.8, 4) is 22.9 Å². The molecular formula is C26H25N5O. The number of nitrogens with zero attached hydrogens (tertiary/aromatic N) is 3. The van der Waals surface area contributed by atoms with E-state index in [1.54, 1.807) is 0 Å². The molecule has 5 aromatic rings. The number of fused-ring (bicyclic) bond motifs is 1. The van der Waals surface area contributed by atoms with Crippen LogP contribution in [0.4, 0.5) is 11.6 Å². The van der Waals surface area contributed by atoms with E-state index in [1.165, 1.54) is 5.56 Å². The highest BCUT2D eigenvalue weighted by atomic mass is 16.5. The van der Waals surface area contributed by atoms with Crippen molar-refractivity contribution in [2.45, 2.75) is 20.8 Å². The van der Waals surface area contributed by atoms with Gasteiger partial charge in [0.2, 0.25) is 11.8 Å². The molecule has 3 heterocycles. The number of ether oxygens (including phenoxy) is 1. The topological polar surface area (TPSA) is 67.8 Å². The van der Waals surface area contributed by atoms with Crippen LogP contribution in [-0.4, -0.2) is 19.5 Å². The second-order valence-corrected chi connectivity index (χ2v) is 8.13. The van der Waals surface area contributed by atoms with Crippen LogP contribution in [0.1, 0.15) is 16.7 Å². The molecule has 6 heteroatoms. The van der Waals surface area contributed by atoms with Crippen LogP contribution in [0.5, 0.6) is 11.6 Å². The van der Waals surface area contributed by atoms with Crippen molar-refractivity contribution in [2.24, 2.45) is 7.05 Å². The fourth-order valence-electron chi connectivity index (χ4n) is 3.92. The highest BCUT2D eigenvalue weighted by molar-refractivity contribution is 5.83. The quantitative estimate of drug-likeness (QED) is 0.342. The number of hydrogen-bond acceptors (Lipinski definition) is 4. The Bertz CT molecular complexity index is 1380. The maximum atomic E-state index is 6.44. The van der Waals surface area contributed by atoms with Gasteiger partial charge in [-0.2, -0.15) is 4.98 Å². The Hall–Kier alpha value is -4.06. The van der Waals surface area contributed by atoms with Gasteiger partial charge in [0.1, 0.15) is 11.3 Å². The third-order valence-corrected chi connectivity index (χ3v) is 5.56. The summed E-state index contributed by atoms with van der Waals surface area (Å²) in [5, 5.41) is 3.30. The van der Waals surface area contributed by atoms with E-state index >= 15 is 0 Å². The largest absolute Gasteiger partial charge is 0.436 e. The molecule has 2 aromatic carbocycles. The second kappa shape index (κ2) is 7.89. The molecule has 0 aliphatic carbocycles. The lowest BCUT2D eigenvalue weighted by molar-refractivity contribution is 0.459. The zero-order valence-corrected chi connectivity index (χ0v) is 18.6. The number of aromatic amines is 1. The summed E-state index contributed by atoms with van der Waals surface area (Å²) in [6, 6.07) is 18.4. The molecule has 0 spiro atoms. The van der Waals surface area contributed by atoms with Gasteiger partial charge in [0, 0.05) is 30.8 Å². The first-order valence-electron chi connectivity index (χ1n) is 10.6. The van der Waals surface area contributed by atoms with Crippen molar-refractivity contribution in [3.63, 3.8) is 0 Å². The van der Waals surface area contributed by atoms with Gasteiger partial charge >= 0.3 is 0 Å². The van der Waals surface area contributed by atoms with E-state index in [-0.39, 0.29) is 0 Å². The highest BCUT2D eigenvalue weighted by Gasteiger charge is 2.16. The molecule has 0 aliphatic heterocycles. The standard InChI is InChI=1S/C26H25N5O/c1-16-7-9-20(10-8-16)28-26-29-22-11-13-31(4)23(22)25(30-26)32-24-17(2)14-19(15-18(24)3)21-6-5-12-27-21/h5-15,27H,1-4H3,(H,28,29,30). The normalized spacial score (nSPS) is 11.1. The number of aromatic nitrogens is 4. The van der Waals surface area contributed by atoms with E-state index in [0.29, 0.717) is 11.8 Å². The van der Waals surface area contributed by atoms with Crippen LogP contribution in [0, 0.1) is 20.8 Å². The predicted molar refractivity (Wildman–Crippen MR) is 129 cm³/mol. The van der Waals surface area contributed by atoms with Crippen LogP contribution in [-0.2, 0) is 7.05 Å². The molecular weight excluding hydrogens is 398 g/mol. The van der Waals surface area contributed by atoms with Crippen molar-refractivity contribution >= 4 is 22.7 Å². The molecule has 6 nitrogen and oxygen atoms in total. The van der Waals surface area contributed by atoms with E-state index in [9.17, 15) is 0 Å². The van der Waals surface area contributed by atoms with Crippen molar-refractivity contribution < 1.29 is 4.74 Å². The summed E-state index contributed by atoms with van der Waals surface area (Å²) in [6.45, 7) is 6.18. The molecule has 0 amide bonds. The predicted octanol–water partition coefficient (Wildman–Crippen LogP) is 6.42. The Morgan fingerprint density at radius 1 is 0.938 bits per heavy atom. The fourth-order valence-corrected chi connectivity index (χ4v) is 3.92. The molecule has 0 aliphatic rings.